The van der Waals surface area contributed by atoms with Gasteiger partial charge in [0, 0.05) is 19.1 Å². The zero-order valence-corrected chi connectivity index (χ0v) is 21.0. The number of nitrogens with zero attached hydrogens (tertiary/aromatic N) is 3. The van der Waals surface area contributed by atoms with E-state index in [1.54, 1.807) is 6.26 Å². The van der Waals surface area contributed by atoms with Crippen molar-refractivity contribution in [1.82, 2.24) is 19.7 Å². The fourth-order valence-corrected chi connectivity index (χ4v) is 5.40. The van der Waals surface area contributed by atoms with Crippen LogP contribution >= 0.6 is 0 Å². The van der Waals surface area contributed by atoms with Gasteiger partial charge in [-0.2, -0.15) is 0 Å². The maximum atomic E-state index is 13.8. The minimum atomic E-state index is -0.966. The molecule has 0 bridgehead atoms. The second-order valence-corrected chi connectivity index (χ2v) is 9.99. The first-order chi connectivity index (χ1) is 16.5. The van der Waals surface area contributed by atoms with Crippen LogP contribution in [0.15, 0.2) is 34.9 Å². The van der Waals surface area contributed by atoms with Crippen molar-refractivity contribution in [3.05, 3.63) is 36.2 Å². The van der Waals surface area contributed by atoms with Crippen molar-refractivity contribution in [2.45, 2.75) is 83.8 Å². The lowest BCUT2D eigenvalue weighted by molar-refractivity contribution is -0.134. The number of hydrogen-bond acceptors (Lipinski definition) is 4. The van der Waals surface area contributed by atoms with Crippen LogP contribution in [0.25, 0.3) is 11.5 Å². The summed E-state index contributed by atoms with van der Waals surface area (Å²) in [5.74, 6) is 0.574. The Kier molecular flexibility index (Phi) is 7.81. The maximum absolute atomic E-state index is 13.8. The number of carbonyl (C=O) groups excluding carboxylic acids is 2. The Morgan fingerprint density at radius 1 is 1.15 bits per heavy atom. The molecule has 1 atom stereocenters. The molecule has 7 heteroatoms. The van der Waals surface area contributed by atoms with E-state index in [-0.39, 0.29) is 17.9 Å². The lowest BCUT2D eigenvalue weighted by Gasteiger charge is -2.45. The normalized spacial score (nSPS) is 21.2. The molecule has 1 aliphatic heterocycles. The highest BCUT2D eigenvalue weighted by atomic mass is 16.3. The third-order valence-corrected chi connectivity index (χ3v) is 7.62. The summed E-state index contributed by atoms with van der Waals surface area (Å²) in [6, 6.07) is 7.72. The summed E-state index contributed by atoms with van der Waals surface area (Å²) in [4.78, 5) is 31.8. The summed E-state index contributed by atoms with van der Waals surface area (Å²) in [5.41, 5.74) is 0.486. The monoisotopic (exact) mass is 468 g/mol. The molecule has 2 aliphatic rings. The fourth-order valence-electron chi connectivity index (χ4n) is 5.40. The summed E-state index contributed by atoms with van der Waals surface area (Å²) in [6.45, 7) is 9.94. The van der Waals surface area contributed by atoms with E-state index in [0.717, 1.165) is 63.9 Å². The van der Waals surface area contributed by atoms with Crippen molar-refractivity contribution in [1.29, 1.82) is 0 Å². The van der Waals surface area contributed by atoms with Gasteiger partial charge in [-0.3, -0.25) is 9.59 Å². The van der Waals surface area contributed by atoms with Crippen LogP contribution in [0.2, 0.25) is 0 Å². The summed E-state index contributed by atoms with van der Waals surface area (Å²) in [7, 11) is 0. The average Bonchev–Trinajstić information content (AvgIpc) is 3.51. The largest absolute Gasteiger partial charge is 0.463 e. The topological polar surface area (TPSA) is 70.7 Å². The molecule has 7 nitrogen and oxygen atoms in total. The molecule has 0 radical (unpaired) electrons. The van der Waals surface area contributed by atoms with Crippen LogP contribution in [0.1, 0.15) is 76.2 Å². The molecule has 186 valence electrons. The van der Waals surface area contributed by atoms with Crippen molar-refractivity contribution < 1.29 is 14.0 Å². The van der Waals surface area contributed by atoms with Gasteiger partial charge in [0.1, 0.15) is 17.0 Å². The Labute approximate surface area is 203 Å². The van der Waals surface area contributed by atoms with Crippen LogP contribution in [-0.4, -0.2) is 63.9 Å². The highest BCUT2D eigenvalue weighted by Crippen LogP contribution is 2.33. The molecule has 2 aromatic rings. The number of fused-ring (bicyclic) bond motifs is 1. The number of unbranched alkanes of at least 4 members (excludes halogenated alkanes) is 1. The molecule has 1 fully saturated rings. The van der Waals surface area contributed by atoms with E-state index in [2.05, 4.69) is 24.1 Å². The van der Waals surface area contributed by atoms with Crippen molar-refractivity contribution in [3.8, 4) is 11.5 Å². The van der Waals surface area contributed by atoms with Gasteiger partial charge in [0.25, 0.3) is 5.91 Å². The number of hydrogen-bond donors (Lipinski definition) is 1. The smallest absolute Gasteiger partial charge is 0.271 e. The molecule has 1 aliphatic carbocycles. The quantitative estimate of drug-likeness (QED) is 0.556. The number of carbonyl (C=O) groups is 2. The van der Waals surface area contributed by atoms with Gasteiger partial charge in [0.05, 0.1) is 18.5 Å². The first kappa shape index (κ1) is 24.6. The van der Waals surface area contributed by atoms with Gasteiger partial charge in [0.2, 0.25) is 5.91 Å². The molecule has 34 heavy (non-hydrogen) atoms. The number of amides is 2. The molecule has 0 unspecified atom stereocenters. The molecule has 0 spiro atoms. The summed E-state index contributed by atoms with van der Waals surface area (Å²) >= 11 is 0. The molecule has 4 rings (SSSR count). The third-order valence-electron chi connectivity index (χ3n) is 7.62. The number of rotatable bonds is 10. The van der Waals surface area contributed by atoms with Gasteiger partial charge in [-0.05, 0) is 63.5 Å². The molecule has 0 aromatic carbocycles. The number of furan rings is 1. The van der Waals surface area contributed by atoms with Crippen LogP contribution in [0.4, 0.5) is 0 Å². The van der Waals surface area contributed by atoms with E-state index in [1.807, 2.05) is 40.7 Å². The van der Waals surface area contributed by atoms with Crippen LogP contribution in [0.5, 0.6) is 0 Å². The van der Waals surface area contributed by atoms with Crippen LogP contribution in [0.3, 0.4) is 0 Å². The fraction of sp³-hybridized carbons (Fsp3) is 0.630. The second kappa shape index (κ2) is 10.8. The van der Waals surface area contributed by atoms with E-state index >= 15 is 0 Å². The average molecular weight is 469 g/mol. The van der Waals surface area contributed by atoms with E-state index in [0.29, 0.717) is 24.5 Å². The zero-order valence-electron chi connectivity index (χ0n) is 21.0. The Morgan fingerprint density at radius 2 is 1.91 bits per heavy atom. The van der Waals surface area contributed by atoms with Crippen molar-refractivity contribution in [2.75, 3.05) is 26.2 Å². The predicted octanol–water partition coefficient (Wildman–Crippen LogP) is 4.53. The Balaban J connectivity index is 1.62. The van der Waals surface area contributed by atoms with Crippen LogP contribution < -0.4 is 5.32 Å². The highest BCUT2D eigenvalue weighted by Gasteiger charge is 2.48. The Bertz CT molecular complexity index is 961. The zero-order chi connectivity index (χ0) is 24.1. The van der Waals surface area contributed by atoms with Gasteiger partial charge in [0.15, 0.2) is 0 Å². The van der Waals surface area contributed by atoms with Crippen molar-refractivity contribution in [2.24, 2.45) is 0 Å². The lowest BCUT2D eigenvalue weighted by Crippen LogP contribution is -2.65. The Hall–Kier alpha value is -2.54. The van der Waals surface area contributed by atoms with E-state index in [9.17, 15) is 9.59 Å². The van der Waals surface area contributed by atoms with E-state index < -0.39 is 5.54 Å². The van der Waals surface area contributed by atoms with Gasteiger partial charge in [-0.1, -0.05) is 39.5 Å². The molecule has 2 aromatic heterocycles. The molecule has 0 saturated heterocycles. The highest BCUT2D eigenvalue weighted by molar-refractivity contribution is 6.00. The second-order valence-electron chi connectivity index (χ2n) is 9.99. The first-order valence-corrected chi connectivity index (χ1v) is 13.1. The number of aromatic nitrogens is 1. The summed E-state index contributed by atoms with van der Waals surface area (Å²) in [5, 5.41) is 3.31. The van der Waals surface area contributed by atoms with Gasteiger partial charge in [-0.25, -0.2) is 0 Å². The molecule has 1 N–H and O–H groups in total. The van der Waals surface area contributed by atoms with Crippen LogP contribution in [0, 0.1) is 0 Å². The number of nitrogens with one attached hydrogen (secondary N) is 1. The molecule has 3 heterocycles. The predicted molar refractivity (Wildman–Crippen MR) is 134 cm³/mol. The first-order valence-electron chi connectivity index (χ1n) is 13.1. The van der Waals surface area contributed by atoms with Crippen LogP contribution in [-0.2, 0) is 11.3 Å². The van der Waals surface area contributed by atoms with Crippen molar-refractivity contribution >= 4 is 11.8 Å². The molecular formula is C27H40N4O3. The maximum Gasteiger partial charge on any atom is 0.271 e. The molecule has 1 saturated carbocycles. The SMILES string of the molecule is CCCCN(CC)CCN1C(=O)c2ccc(-c3ccco3)n2C[C@@]1(C)C(=O)NC1CCCCC1. The van der Waals surface area contributed by atoms with Gasteiger partial charge >= 0.3 is 0 Å². The summed E-state index contributed by atoms with van der Waals surface area (Å²) in [6.07, 6.45) is 9.48. The standard InChI is InChI=1S/C27H40N4O3/c1-4-6-16-29(5-2)17-18-31-25(32)23-15-14-22(24-13-10-19-34-24)30(23)20-27(31,3)26(33)28-21-11-8-7-9-12-21/h10,13-15,19,21H,4-9,11-12,16-18,20H2,1-3H3,(H,28,33)/t27-/m0/s1. The van der Waals surface area contributed by atoms with E-state index in [1.165, 1.54) is 6.42 Å². The lowest BCUT2D eigenvalue weighted by atomic mass is 9.91. The van der Waals surface area contributed by atoms with Crippen molar-refractivity contribution in [3.63, 3.8) is 0 Å². The summed E-state index contributed by atoms with van der Waals surface area (Å²) < 4.78 is 7.60. The molecule has 2 amide bonds. The van der Waals surface area contributed by atoms with Gasteiger partial charge in [-0.15, -0.1) is 0 Å². The minimum absolute atomic E-state index is 0.0471. The Morgan fingerprint density at radius 3 is 2.59 bits per heavy atom. The number of likely N-dealkylation sites (N-methyl/N-ethyl adjacent to an activating group) is 1. The third kappa shape index (κ3) is 4.95. The molecular weight excluding hydrogens is 428 g/mol. The minimum Gasteiger partial charge on any atom is -0.463 e. The van der Waals surface area contributed by atoms with Gasteiger partial charge < -0.3 is 24.1 Å². The van der Waals surface area contributed by atoms with E-state index in [4.69, 9.17) is 4.42 Å².